The van der Waals surface area contributed by atoms with Gasteiger partial charge in [0.25, 0.3) is 5.56 Å². The number of halogens is 1. The number of carboxylic acid groups (broad SMARTS) is 2. The van der Waals surface area contributed by atoms with Crippen molar-refractivity contribution in [2.45, 2.75) is 26.1 Å². The number of piperazine rings is 1. The molecule has 1 fully saturated rings. The van der Waals surface area contributed by atoms with E-state index in [1.165, 1.54) is 26.0 Å². The van der Waals surface area contributed by atoms with Gasteiger partial charge in [-0.1, -0.05) is 6.07 Å². The van der Waals surface area contributed by atoms with E-state index in [4.69, 9.17) is 26.2 Å². The molecule has 1 saturated heterocycles. The topological polar surface area (TPSA) is 241 Å². The van der Waals surface area contributed by atoms with Crippen molar-refractivity contribution in [3.05, 3.63) is 52.6 Å². The number of aliphatic carboxylic acids is 2. The molecule has 0 bridgehead atoms. The number of aromatic nitrogens is 3. The summed E-state index contributed by atoms with van der Waals surface area (Å²) in [6.45, 7) is 6.34. The van der Waals surface area contributed by atoms with Crippen LogP contribution in [0.25, 0.3) is 33.3 Å². The Morgan fingerprint density at radius 2 is 1.55 bits per heavy atom. The van der Waals surface area contributed by atoms with Crippen LogP contribution in [0.2, 0.25) is 0 Å². The second-order valence-corrected chi connectivity index (χ2v) is 9.51. The molecule has 0 amide bonds. The van der Waals surface area contributed by atoms with E-state index in [0.29, 0.717) is 11.3 Å². The molecule has 2 atom stereocenters. The van der Waals surface area contributed by atoms with Crippen LogP contribution < -0.4 is 16.2 Å². The van der Waals surface area contributed by atoms with Crippen LogP contribution in [-0.4, -0.2) is 103 Å². The van der Waals surface area contributed by atoms with Crippen molar-refractivity contribution >= 4 is 45.2 Å². The van der Waals surface area contributed by atoms with Crippen molar-refractivity contribution in [3.63, 3.8) is 0 Å². The summed E-state index contributed by atoms with van der Waals surface area (Å²) in [5.41, 5.74) is 9.04. The number of pyridine rings is 1. The number of hydrogen-bond donors (Lipinski definition) is 7. The van der Waals surface area contributed by atoms with Gasteiger partial charge in [0.05, 0.1) is 27.6 Å². The second kappa shape index (κ2) is 14.4. The fourth-order valence-electron chi connectivity index (χ4n) is 3.95. The van der Waals surface area contributed by atoms with E-state index in [1.807, 2.05) is 18.2 Å². The molecule has 15 heteroatoms. The van der Waals surface area contributed by atoms with Gasteiger partial charge >= 0.3 is 11.9 Å². The molecule has 2 unspecified atom stereocenters. The third kappa shape index (κ3) is 8.01. The van der Waals surface area contributed by atoms with Crippen LogP contribution in [0.1, 0.15) is 13.8 Å². The summed E-state index contributed by atoms with van der Waals surface area (Å²) in [4.78, 5) is 46.6. The lowest BCUT2D eigenvalue weighted by molar-refractivity contribution is -0.146. The molecule has 5 rings (SSSR count). The van der Waals surface area contributed by atoms with Crippen molar-refractivity contribution in [1.82, 2.24) is 19.9 Å². The molecule has 42 heavy (non-hydrogen) atoms. The summed E-state index contributed by atoms with van der Waals surface area (Å²) in [6.07, 6.45) is -2.46. The molecule has 228 valence electrons. The Balaban J connectivity index is 0.000000404. The molecule has 2 aromatic heterocycles. The molecule has 1 aliphatic heterocycles. The molecule has 0 saturated carbocycles. The first-order chi connectivity index (χ1) is 19.3. The first-order valence-electron chi connectivity index (χ1n) is 12.7. The largest absolute Gasteiger partial charge is 0.479 e. The smallest absolute Gasteiger partial charge is 0.332 e. The average Bonchev–Trinajstić information content (AvgIpc) is 3.32. The van der Waals surface area contributed by atoms with Crippen molar-refractivity contribution in [2.24, 2.45) is 0 Å². The summed E-state index contributed by atoms with van der Waals surface area (Å²) in [5, 5.41) is 31.7. The zero-order valence-corrected chi connectivity index (χ0v) is 23.3. The van der Waals surface area contributed by atoms with Gasteiger partial charge in [-0.25, -0.2) is 19.0 Å². The lowest BCUT2D eigenvalue weighted by Crippen LogP contribution is -2.44. The number of benzene rings is 2. The predicted octanol–water partition coefficient (Wildman–Crippen LogP) is 0.623. The lowest BCUT2D eigenvalue weighted by Gasteiger charge is -2.34. The minimum atomic E-state index is -1.23. The van der Waals surface area contributed by atoms with Gasteiger partial charge < -0.3 is 51.4 Å². The summed E-state index contributed by atoms with van der Waals surface area (Å²) in [5.74, 6) is -2.52. The van der Waals surface area contributed by atoms with Gasteiger partial charge in [-0.15, -0.1) is 0 Å². The molecule has 3 heterocycles. The van der Waals surface area contributed by atoms with Crippen LogP contribution in [0.3, 0.4) is 0 Å². The van der Waals surface area contributed by atoms with Gasteiger partial charge in [-0.3, -0.25) is 4.79 Å². The Kier molecular flexibility index (Phi) is 11.5. The summed E-state index contributed by atoms with van der Waals surface area (Å²) in [6, 6.07) is 10.5. The highest BCUT2D eigenvalue weighted by Crippen LogP contribution is 2.30. The molecular weight excluding hydrogens is 555 g/mol. The van der Waals surface area contributed by atoms with Crippen LogP contribution in [0.15, 0.2) is 41.2 Å². The van der Waals surface area contributed by atoms with Gasteiger partial charge in [0, 0.05) is 31.9 Å². The molecule has 14 nitrogen and oxygen atoms in total. The summed E-state index contributed by atoms with van der Waals surface area (Å²) in [7, 11) is 2.12. The van der Waals surface area contributed by atoms with Gasteiger partial charge in [0.15, 0.2) is 0 Å². The number of anilines is 2. The maximum atomic E-state index is 14.3. The summed E-state index contributed by atoms with van der Waals surface area (Å²) >= 11 is 0. The predicted molar refractivity (Wildman–Crippen MR) is 156 cm³/mol. The normalized spacial score (nSPS) is 14.6. The molecule has 0 aliphatic carbocycles. The van der Waals surface area contributed by atoms with Gasteiger partial charge in [-0.2, -0.15) is 0 Å². The fourth-order valence-corrected chi connectivity index (χ4v) is 3.95. The Morgan fingerprint density at radius 3 is 2.10 bits per heavy atom. The number of aromatic amines is 2. The fraction of sp³-hybridized carbons (Fsp3) is 0.333. The van der Waals surface area contributed by atoms with E-state index in [-0.39, 0.29) is 22.1 Å². The number of imidazole rings is 1. The number of aliphatic hydroxyl groups is 2. The van der Waals surface area contributed by atoms with E-state index in [1.54, 1.807) is 6.07 Å². The Labute approximate surface area is 239 Å². The first kappa shape index (κ1) is 33.6. The number of carbonyl (C=O) groups is 2. The van der Waals surface area contributed by atoms with Crippen molar-refractivity contribution < 1.29 is 39.9 Å². The highest BCUT2D eigenvalue weighted by Gasteiger charge is 2.19. The minimum Gasteiger partial charge on any atom is -0.479 e. The number of carboxylic acids is 2. The molecule has 0 radical (unpaired) electrons. The zero-order chi connectivity index (χ0) is 30.4. The molecule has 4 aromatic rings. The maximum absolute atomic E-state index is 14.3. The van der Waals surface area contributed by atoms with Gasteiger partial charge in [-0.05, 0) is 51.2 Å². The lowest BCUT2D eigenvalue weighted by atomic mass is 10.1. The highest BCUT2D eigenvalue weighted by molar-refractivity contribution is 5.98. The van der Waals surface area contributed by atoms with E-state index in [2.05, 4.69) is 31.8 Å². The Bertz CT molecular complexity index is 1580. The number of nitrogens with two attached hydrogens (primary N) is 1. The standard InChI is InChI=1S/C21H21FN6O.2C3H6O3.H2O/c1-27-7-9-28(10-8-27)12-5-6-14-16(11-12)25-20(24-14)18-19(23)17-13(22)3-2-4-15(17)26-21(18)29;2*1-2(4)3(5)6;/h2-6,11H,7-10H2,1H3,(H,24,25)(H3,23,26,29);2*2,4H,1H3,(H,5,6);1H2. The number of fused-ring (bicyclic) bond motifs is 2. The molecular formula is C27H35FN6O8. The summed E-state index contributed by atoms with van der Waals surface area (Å²) < 4.78 is 14.3. The number of aliphatic hydroxyl groups excluding tert-OH is 2. The minimum absolute atomic E-state index is 0. The average molecular weight is 591 g/mol. The first-order valence-corrected chi connectivity index (χ1v) is 12.7. The SMILES string of the molecule is CC(O)C(=O)O.CC(O)C(=O)O.CN1CCN(c2ccc3nc(-c4c(N)c5c(F)cccc5[nH]c4=O)[nH]c3c2)CC1.O. The van der Waals surface area contributed by atoms with Crippen molar-refractivity contribution in [1.29, 1.82) is 0 Å². The van der Waals surface area contributed by atoms with E-state index >= 15 is 0 Å². The molecule has 10 N–H and O–H groups in total. The number of rotatable bonds is 4. The third-order valence-electron chi connectivity index (χ3n) is 6.31. The van der Waals surface area contributed by atoms with E-state index in [0.717, 1.165) is 42.9 Å². The van der Waals surface area contributed by atoms with E-state index < -0.39 is 35.5 Å². The number of nitrogen functional groups attached to an aromatic ring is 1. The number of nitrogens with one attached hydrogen (secondary N) is 2. The van der Waals surface area contributed by atoms with Gasteiger partial charge in [0.1, 0.15) is 29.4 Å². The quantitative estimate of drug-likeness (QED) is 0.174. The maximum Gasteiger partial charge on any atom is 0.332 e. The zero-order valence-electron chi connectivity index (χ0n) is 23.3. The molecule has 0 spiro atoms. The highest BCUT2D eigenvalue weighted by atomic mass is 19.1. The van der Waals surface area contributed by atoms with Crippen LogP contribution >= 0.6 is 0 Å². The van der Waals surface area contributed by atoms with Crippen LogP contribution in [-0.2, 0) is 9.59 Å². The van der Waals surface area contributed by atoms with Crippen molar-refractivity contribution in [2.75, 3.05) is 43.9 Å². The number of hydrogen-bond acceptors (Lipinski definition) is 9. The molecule has 2 aromatic carbocycles. The van der Waals surface area contributed by atoms with Crippen LogP contribution in [0, 0.1) is 5.82 Å². The van der Waals surface area contributed by atoms with Crippen LogP contribution in [0.5, 0.6) is 0 Å². The Hall–Kier alpha value is -4.57. The second-order valence-electron chi connectivity index (χ2n) is 9.51. The number of H-pyrrole nitrogens is 2. The molecule has 1 aliphatic rings. The number of likely N-dealkylation sites (N-methyl/N-ethyl adjacent to an activating group) is 1. The van der Waals surface area contributed by atoms with Crippen LogP contribution in [0.4, 0.5) is 15.8 Å². The van der Waals surface area contributed by atoms with Crippen molar-refractivity contribution in [3.8, 4) is 11.4 Å². The third-order valence-corrected chi connectivity index (χ3v) is 6.31. The number of nitrogens with zero attached hydrogens (tertiary/aromatic N) is 3. The van der Waals surface area contributed by atoms with E-state index in [9.17, 15) is 18.8 Å². The monoisotopic (exact) mass is 590 g/mol. The Morgan fingerprint density at radius 1 is 0.976 bits per heavy atom. The van der Waals surface area contributed by atoms with Gasteiger partial charge in [0.2, 0.25) is 0 Å².